The lowest BCUT2D eigenvalue weighted by atomic mass is 9.98. The summed E-state index contributed by atoms with van der Waals surface area (Å²) < 4.78 is 5.28. The number of Topliss-reactive ketones (excluding diaryl/α,β-unsaturated/α-hetero) is 1. The molecule has 17 heavy (non-hydrogen) atoms. The predicted molar refractivity (Wildman–Crippen MR) is 68.5 cm³/mol. The molecule has 0 aliphatic carbocycles. The number of rotatable bonds is 3. The summed E-state index contributed by atoms with van der Waals surface area (Å²) in [5.74, 6) is 0.714. The second-order valence-corrected chi connectivity index (χ2v) is 4.01. The van der Waals surface area contributed by atoms with Crippen molar-refractivity contribution in [1.82, 2.24) is 0 Å². The Bertz CT molecular complexity index is 561. The van der Waals surface area contributed by atoms with E-state index in [1.54, 1.807) is 26.2 Å². The van der Waals surface area contributed by atoms with Gasteiger partial charge < -0.3 is 10.5 Å². The first-order valence-electron chi connectivity index (χ1n) is 5.50. The van der Waals surface area contributed by atoms with Gasteiger partial charge in [0.15, 0.2) is 5.78 Å². The highest BCUT2D eigenvalue weighted by Crippen LogP contribution is 2.28. The molecular weight excluding hydrogens is 214 g/mol. The van der Waals surface area contributed by atoms with Gasteiger partial charge in [0.1, 0.15) is 5.75 Å². The minimum atomic E-state index is -0.494. The third kappa shape index (κ3) is 2.01. The number of carbonyl (C=O) groups excluding carboxylic acids is 1. The third-order valence-electron chi connectivity index (χ3n) is 2.78. The van der Waals surface area contributed by atoms with Gasteiger partial charge in [-0.05, 0) is 24.4 Å². The molecule has 2 aromatic carbocycles. The molecule has 3 nitrogen and oxygen atoms in total. The number of fused-ring (bicyclic) bond motifs is 1. The van der Waals surface area contributed by atoms with Crippen molar-refractivity contribution in [3.8, 4) is 5.75 Å². The molecule has 0 bridgehead atoms. The molecule has 88 valence electrons. The van der Waals surface area contributed by atoms with E-state index in [1.165, 1.54) is 0 Å². The highest BCUT2D eigenvalue weighted by molar-refractivity contribution is 6.11. The summed E-state index contributed by atoms with van der Waals surface area (Å²) in [5.41, 5.74) is 6.30. The Morgan fingerprint density at radius 3 is 2.41 bits per heavy atom. The second kappa shape index (κ2) is 4.55. The van der Waals surface area contributed by atoms with Crippen LogP contribution in [0.4, 0.5) is 0 Å². The largest absolute Gasteiger partial charge is 0.496 e. The third-order valence-corrected chi connectivity index (χ3v) is 2.78. The Morgan fingerprint density at radius 2 is 1.82 bits per heavy atom. The van der Waals surface area contributed by atoms with Crippen LogP contribution in [0.25, 0.3) is 10.8 Å². The maximum atomic E-state index is 12.0. The van der Waals surface area contributed by atoms with Crippen molar-refractivity contribution in [2.75, 3.05) is 7.11 Å². The summed E-state index contributed by atoms with van der Waals surface area (Å²) in [4.78, 5) is 12.0. The fourth-order valence-corrected chi connectivity index (χ4v) is 1.91. The first-order chi connectivity index (χ1) is 8.15. The minimum absolute atomic E-state index is 0.0520. The number of hydrogen-bond acceptors (Lipinski definition) is 3. The summed E-state index contributed by atoms with van der Waals surface area (Å²) in [6.45, 7) is 1.70. The van der Waals surface area contributed by atoms with Crippen LogP contribution in [0.5, 0.6) is 5.75 Å². The van der Waals surface area contributed by atoms with Gasteiger partial charge in [0.05, 0.1) is 13.2 Å². The van der Waals surface area contributed by atoms with E-state index in [2.05, 4.69) is 0 Å². The van der Waals surface area contributed by atoms with Crippen LogP contribution in [0.2, 0.25) is 0 Å². The zero-order valence-corrected chi connectivity index (χ0v) is 9.94. The Hall–Kier alpha value is -1.87. The van der Waals surface area contributed by atoms with E-state index in [0.29, 0.717) is 5.56 Å². The molecule has 1 atom stereocenters. The minimum Gasteiger partial charge on any atom is -0.496 e. The summed E-state index contributed by atoms with van der Waals surface area (Å²) >= 11 is 0. The van der Waals surface area contributed by atoms with Gasteiger partial charge in [-0.1, -0.05) is 24.3 Å². The molecular formula is C14H15NO2. The zero-order chi connectivity index (χ0) is 12.4. The molecule has 0 spiro atoms. The van der Waals surface area contributed by atoms with Crippen LogP contribution in [0.1, 0.15) is 17.3 Å². The summed E-state index contributed by atoms with van der Waals surface area (Å²) in [5, 5.41) is 1.82. The maximum absolute atomic E-state index is 12.0. The lowest BCUT2D eigenvalue weighted by Crippen LogP contribution is -2.26. The summed E-state index contributed by atoms with van der Waals surface area (Å²) in [7, 11) is 1.62. The van der Waals surface area contributed by atoms with Gasteiger partial charge in [0.2, 0.25) is 0 Å². The van der Waals surface area contributed by atoms with Crippen LogP contribution < -0.4 is 10.5 Å². The molecule has 0 heterocycles. The highest BCUT2D eigenvalue weighted by Gasteiger charge is 2.15. The highest BCUT2D eigenvalue weighted by atomic mass is 16.5. The molecule has 3 heteroatoms. The zero-order valence-electron chi connectivity index (χ0n) is 9.94. The normalized spacial score (nSPS) is 12.4. The lowest BCUT2D eigenvalue weighted by molar-refractivity contribution is 0.0969. The van der Waals surface area contributed by atoms with Gasteiger partial charge in [-0.2, -0.15) is 0 Å². The van der Waals surface area contributed by atoms with Gasteiger partial charge in [0, 0.05) is 10.9 Å². The average Bonchev–Trinajstić information content (AvgIpc) is 2.36. The van der Waals surface area contributed by atoms with Crippen LogP contribution in [-0.2, 0) is 0 Å². The van der Waals surface area contributed by atoms with Crippen LogP contribution in [0.15, 0.2) is 36.4 Å². The van der Waals surface area contributed by atoms with Crippen molar-refractivity contribution in [3.63, 3.8) is 0 Å². The van der Waals surface area contributed by atoms with Crippen LogP contribution in [-0.4, -0.2) is 18.9 Å². The topological polar surface area (TPSA) is 52.3 Å². The molecule has 0 radical (unpaired) electrons. The van der Waals surface area contributed by atoms with Crippen molar-refractivity contribution in [2.24, 2.45) is 5.73 Å². The molecule has 1 unspecified atom stereocenters. The lowest BCUT2D eigenvalue weighted by Gasteiger charge is -2.11. The second-order valence-electron chi connectivity index (χ2n) is 4.01. The van der Waals surface area contributed by atoms with Crippen LogP contribution >= 0.6 is 0 Å². The fraction of sp³-hybridized carbons (Fsp3) is 0.214. The average molecular weight is 229 g/mol. The number of ketones is 1. The maximum Gasteiger partial charge on any atom is 0.179 e. The quantitative estimate of drug-likeness (QED) is 0.822. The van der Waals surface area contributed by atoms with E-state index < -0.39 is 6.04 Å². The molecule has 2 N–H and O–H groups in total. The van der Waals surface area contributed by atoms with Crippen LogP contribution in [0, 0.1) is 0 Å². The molecule has 0 aliphatic rings. The van der Waals surface area contributed by atoms with Gasteiger partial charge in [0.25, 0.3) is 0 Å². The van der Waals surface area contributed by atoms with Crippen molar-refractivity contribution >= 4 is 16.6 Å². The molecule has 2 aromatic rings. The molecule has 2 rings (SSSR count). The van der Waals surface area contributed by atoms with Crippen molar-refractivity contribution < 1.29 is 9.53 Å². The molecule has 0 saturated heterocycles. The van der Waals surface area contributed by atoms with E-state index in [4.69, 9.17) is 10.5 Å². The van der Waals surface area contributed by atoms with Crippen LogP contribution in [0.3, 0.4) is 0 Å². The Labute approximate surface area is 100 Å². The Morgan fingerprint density at radius 1 is 1.18 bits per heavy atom. The first-order valence-corrected chi connectivity index (χ1v) is 5.50. The smallest absolute Gasteiger partial charge is 0.179 e. The Balaban J connectivity index is 2.71. The van der Waals surface area contributed by atoms with Gasteiger partial charge >= 0.3 is 0 Å². The summed E-state index contributed by atoms with van der Waals surface area (Å²) in [6.07, 6.45) is 0. The molecule has 0 saturated carbocycles. The molecule has 0 fully saturated rings. The number of ether oxygens (including phenoxy) is 1. The first kappa shape index (κ1) is 11.6. The fourth-order valence-electron chi connectivity index (χ4n) is 1.91. The predicted octanol–water partition coefficient (Wildman–Crippen LogP) is 2.38. The van der Waals surface area contributed by atoms with E-state index in [-0.39, 0.29) is 5.78 Å². The van der Waals surface area contributed by atoms with E-state index in [0.717, 1.165) is 16.5 Å². The number of hydrogen-bond donors (Lipinski definition) is 1. The van der Waals surface area contributed by atoms with Gasteiger partial charge in [-0.3, -0.25) is 4.79 Å². The number of nitrogens with two attached hydrogens (primary N) is 1. The molecule has 0 aliphatic heterocycles. The standard InChI is InChI=1S/C14H15NO2/c1-9(15)14(16)12-7-8-13(17-2)11-6-4-3-5-10(11)12/h3-9H,15H2,1-2H3. The number of methoxy groups -OCH3 is 1. The monoisotopic (exact) mass is 229 g/mol. The van der Waals surface area contributed by atoms with E-state index in [1.807, 2.05) is 24.3 Å². The van der Waals surface area contributed by atoms with Gasteiger partial charge in [-0.25, -0.2) is 0 Å². The van der Waals surface area contributed by atoms with Gasteiger partial charge in [-0.15, -0.1) is 0 Å². The van der Waals surface area contributed by atoms with E-state index >= 15 is 0 Å². The SMILES string of the molecule is COc1ccc(C(=O)C(C)N)c2ccccc12. The summed E-state index contributed by atoms with van der Waals surface area (Å²) in [6, 6.07) is 10.8. The van der Waals surface area contributed by atoms with Crippen molar-refractivity contribution in [3.05, 3.63) is 42.0 Å². The van der Waals surface area contributed by atoms with E-state index in [9.17, 15) is 4.79 Å². The van der Waals surface area contributed by atoms with Crippen molar-refractivity contribution in [1.29, 1.82) is 0 Å². The number of benzene rings is 2. The molecule has 0 amide bonds. The molecule has 0 aromatic heterocycles. The Kier molecular flexibility index (Phi) is 3.11. The van der Waals surface area contributed by atoms with Crippen molar-refractivity contribution in [2.45, 2.75) is 13.0 Å². The number of carbonyl (C=O) groups is 1.